The maximum atomic E-state index is 12.6. The van der Waals surface area contributed by atoms with Gasteiger partial charge in [0.1, 0.15) is 5.52 Å². The normalized spacial score (nSPS) is 16.0. The second kappa shape index (κ2) is 5.51. The quantitative estimate of drug-likeness (QED) is 0.802. The lowest BCUT2D eigenvalue weighted by Crippen LogP contribution is -2.37. The Bertz CT molecular complexity index is 690. The number of carbonyl (C=O) groups is 1. The number of carbonyl (C=O) groups excluding carboxylic acids is 1. The largest absolute Gasteiger partial charge is 0.418 e. The Labute approximate surface area is 123 Å². The summed E-state index contributed by atoms with van der Waals surface area (Å²) in [5, 5.41) is 0. The minimum atomic E-state index is -4.47. The number of oxazole rings is 1. The highest BCUT2D eigenvalue weighted by Gasteiger charge is 2.31. The molecule has 118 valence electrons. The number of hydrogen-bond donors (Lipinski definition) is 0. The monoisotopic (exact) mass is 314 g/mol. The van der Waals surface area contributed by atoms with E-state index in [4.69, 9.17) is 9.15 Å². The summed E-state index contributed by atoms with van der Waals surface area (Å²) in [7, 11) is 0. The van der Waals surface area contributed by atoms with E-state index >= 15 is 0 Å². The highest BCUT2D eigenvalue weighted by atomic mass is 19.4. The summed E-state index contributed by atoms with van der Waals surface area (Å²) in [5.74, 6) is 0. The fourth-order valence-corrected chi connectivity index (χ4v) is 2.34. The molecule has 0 radical (unpaired) electrons. The number of rotatable bonds is 1. The average molecular weight is 314 g/mol. The minimum Gasteiger partial charge on any atom is -0.409 e. The third-order valence-corrected chi connectivity index (χ3v) is 3.49. The smallest absolute Gasteiger partial charge is 0.409 e. The molecule has 2 aromatic rings. The zero-order valence-electron chi connectivity index (χ0n) is 11.5. The second-order valence-corrected chi connectivity index (χ2v) is 5.08. The maximum Gasteiger partial charge on any atom is 0.418 e. The number of hydrogen-bond acceptors (Lipinski definition) is 4. The van der Waals surface area contributed by atoms with Gasteiger partial charge in [-0.2, -0.15) is 18.2 Å². The summed E-state index contributed by atoms with van der Waals surface area (Å²) in [6, 6.07) is 2.92. The van der Waals surface area contributed by atoms with Crippen LogP contribution in [0.25, 0.3) is 11.1 Å². The van der Waals surface area contributed by atoms with Gasteiger partial charge in [0.25, 0.3) is 0 Å². The van der Waals surface area contributed by atoms with Crippen molar-refractivity contribution in [3.63, 3.8) is 0 Å². The van der Waals surface area contributed by atoms with Gasteiger partial charge in [0.15, 0.2) is 5.58 Å². The van der Waals surface area contributed by atoms with Crippen LogP contribution in [0.5, 0.6) is 6.08 Å². The van der Waals surface area contributed by atoms with E-state index < -0.39 is 17.8 Å². The van der Waals surface area contributed by atoms with Crippen LogP contribution in [0.4, 0.5) is 18.0 Å². The molecule has 1 amide bonds. The molecule has 0 atom stereocenters. The third-order valence-electron chi connectivity index (χ3n) is 3.49. The minimum absolute atomic E-state index is 0.0729. The molecule has 0 unspecified atom stereocenters. The molecule has 0 aliphatic carbocycles. The van der Waals surface area contributed by atoms with E-state index in [0.29, 0.717) is 13.1 Å². The summed E-state index contributed by atoms with van der Waals surface area (Å²) >= 11 is 0. The van der Waals surface area contributed by atoms with Crippen LogP contribution in [0.2, 0.25) is 0 Å². The average Bonchev–Trinajstić information content (AvgIpc) is 2.88. The fourth-order valence-electron chi connectivity index (χ4n) is 2.34. The van der Waals surface area contributed by atoms with Crippen molar-refractivity contribution in [1.82, 2.24) is 9.88 Å². The number of benzene rings is 1. The Morgan fingerprint density at radius 3 is 2.64 bits per heavy atom. The summed E-state index contributed by atoms with van der Waals surface area (Å²) < 4.78 is 47.9. The van der Waals surface area contributed by atoms with Gasteiger partial charge in [-0.3, -0.25) is 0 Å². The van der Waals surface area contributed by atoms with Gasteiger partial charge >= 0.3 is 18.3 Å². The molecular weight excluding hydrogens is 301 g/mol. The van der Waals surface area contributed by atoms with E-state index in [0.717, 1.165) is 31.4 Å². The Hall–Kier alpha value is -2.25. The molecular formula is C14H13F3N2O3. The van der Waals surface area contributed by atoms with Crippen LogP contribution in [0.15, 0.2) is 22.6 Å². The maximum absolute atomic E-state index is 12.6. The van der Waals surface area contributed by atoms with Crippen LogP contribution in [-0.2, 0) is 6.18 Å². The highest BCUT2D eigenvalue weighted by Crippen LogP contribution is 2.32. The number of halogens is 3. The van der Waals surface area contributed by atoms with E-state index in [9.17, 15) is 18.0 Å². The Morgan fingerprint density at radius 1 is 1.23 bits per heavy atom. The Kier molecular flexibility index (Phi) is 3.67. The topological polar surface area (TPSA) is 55.6 Å². The summed E-state index contributed by atoms with van der Waals surface area (Å²) in [5.41, 5.74) is -0.712. The predicted molar refractivity (Wildman–Crippen MR) is 70.5 cm³/mol. The molecule has 0 spiro atoms. The van der Waals surface area contributed by atoms with E-state index in [1.54, 1.807) is 0 Å². The first-order chi connectivity index (χ1) is 10.4. The molecule has 3 rings (SSSR count). The second-order valence-electron chi connectivity index (χ2n) is 5.08. The first kappa shape index (κ1) is 14.7. The summed E-state index contributed by atoms with van der Waals surface area (Å²) in [4.78, 5) is 17.3. The van der Waals surface area contributed by atoms with Crippen molar-refractivity contribution in [3.8, 4) is 6.08 Å². The molecule has 1 fully saturated rings. The number of amides is 1. The zero-order chi connectivity index (χ0) is 15.7. The molecule has 22 heavy (non-hydrogen) atoms. The molecule has 5 nitrogen and oxygen atoms in total. The zero-order valence-corrected chi connectivity index (χ0v) is 11.5. The van der Waals surface area contributed by atoms with Crippen molar-refractivity contribution in [3.05, 3.63) is 23.8 Å². The van der Waals surface area contributed by atoms with E-state index in [1.165, 1.54) is 11.0 Å². The van der Waals surface area contributed by atoms with Crippen molar-refractivity contribution in [2.24, 2.45) is 0 Å². The third kappa shape index (κ3) is 3.00. The Morgan fingerprint density at radius 2 is 1.95 bits per heavy atom. The molecule has 1 aliphatic heterocycles. The van der Waals surface area contributed by atoms with Gasteiger partial charge in [0.2, 0.25) is 0 Å². The Balaban J connectivity index is 1.78. The number of ether oxygens (including phenoxy) is 1. The van der Waals surface area contributed by atoms with Gasteiger partial charge in [0.05, 0.1) is 5.56 Å². The number of aromatic nitrogens is 1. The van der Waals surface area contributed by atoms with Crippen LogP contribution in [0, 0.1) is 0 Å². The lowest BCUT2D eigenvalue weighted by Gasteiger charge is -2.24. The van der Waals surface area contributed by atoms with E-state index in [-0.39, 0.29) is 17.2 Å². The van der Waals surface area contributed by atoms with E-state index in [2.05, 4.69) is 4.98 Å². The number of fused-ring (bicyclic) bond motifs is 1. The molecule has 2 heterocycles. The molecule has 0 saturated carbocycles. The van der Waals surface area contributed by atoms with Gasteiger partial charge in [-0.05, 0) is 37.5 Å². The van der Waals surface area contributed by atoms with Crippen molar-refractivity contribution in [2.45, 2.75) is 25.4 Å². The lowest BCUT2D eigenvalue weighted by atomic mass is 10.1. The van der Waals surface area contributed by atoms with Crippen molar-refractivity contribution >= 4 is 17.2 Å². The van der Waals surface area contributed by atoms with Crippen LogP contribution in [0.1, 0.15) is 24.8 Å². The number of likely N-dealkylation sites (tertiary alicyclic amines) is 1. The number of alkyl halides is 3. The number of nitrogens with zero attached hydrogens (tertiary/aromatic N) is 2. The van der Waals surface area contributed by atoms with Crippen molar-refractivity contribution in [1.29, 1.82) is 0 Å². The summed E-state index contributed by atoms with van der Waals surface area (Å²) in [6.45, 7) is 1.19. The molecule has 0 bridgehead atoms. The molecule has 0 N–H and O–H groups in total. The molecule has 1 aliphatic rings. The molecule has 8 heteroatoms. The van der Waals surface area contributed by atoms with Gasteiger partial charge in [0, 0.05) is 13.1 Å². The standard InChI is InChI=1S/C14H13F3N2O3/c15-14(16,17)9-4-5-10-11(8-9)21-12(18-10)22-13(20)19-6-2-1-3-7-19/h4-5,8H,1-3,6-7H2. The highest BCUT2D eigenvalue weighted by molar-refractivity contribution is 5.75. The predicted octanol–water partition coefficient (Wildman–Crippen LogP) is 3.83. The van der Waals surface area contributed by atoms with Crippen LogP contribution >= 0.6 is 0 Å². The van der Waals surface area contributed by atoms with Gasteiger partial charge in [-0.15, -0.1) is 0 Å². The molecule has 1 aromatic heterocycles. The molecule has 1 saturated heterocycles. The van der Waals surface area contributed by atoms with Crippen LogP contribution < -0.4 is 4.74 Å². The van der Waals surface area contributed by atoms with Crippen LogP contribution in [-0.4, -0.2) is 29.1 Å². The van der Waals surface area contributed by atoms with E-state index in [1.807, 2.05) is 0 Å². The lowest BCUT2D eigenvalue weighted by molar-refractivity contribution is -0.137. The van der Waals surface area contributed by atoms with Gasteiger partial charge in [-0.25, -0.2) is 4.79 Å². The van der Waals surface area contributed by atoms with Gasteiger partial charge in [-0.1, -0.05) is 0 Å². The molecule has 1 aromatic carbocycles. The SMILES string of the molecule is O=C(Oc1nc2ccc(C(F)(F)F)cc2o1)N1CCCCC1. The first-order valence-corrected chi connectivity index (χ1v) is 6.88. The van der Waals surface area contributed by atoms with Crippen LogP contribution in [0.3, 0.4) is 0 Å². The van der Waals surface area contributed by atoms with Gasteiger partial charge < -0.3 is 14.1 Å². The fraction of sp³-hybridized carbons (Fsp3) is 0.429. The summed E-state index contributed by atoms with van der Waals surface area (Å²) in [6.07, 6.45) is -2.54. The van der Waals surface area contributed by atoms with Crippen molar-refractivity contribution < 1.29 is 27.1 Å². The number of piperidine rings is 1. The first-order valence-electron chi connectivity index (χ1n) is 6.88. The van der Waals surface area contributed by atoms with Crippen molar-refractivity contribution in [2.75, 3.05) is 13.1 Å².